The van der Waals surface area contributed by atoms with E-state index in [9.17, 15) is 18.7 Å². The van der Waals surface area contributed by atoms with E-state index in [2.05, 4.69) is 15.0 Å². The summed E-state index contributed by atoms with van der Waals surface area (Å²) in [5, 5.41) is 9.48. The van der Waals surface area contributed by atoms with Gasteiger partial charge in [-0.2, -0.15) is 0 Å². The van der Waals surface area contributed by atoms with Gasteiger partial charge in [-0.1, -0.05) is 0 Å². The van der Waals surface area contributed by atoms with Gasteiger partial charge in [-0.05, 0) is 19.1 Å². The highest BCUT2D eigenvalue weighted by molar-refractivity contribution is 6.02. The van der Waals surface area contributed by atoms with E-state index in [0.717, 1.165) is 0 Å². The van der Waals surface area contributed by atoms with Gasteiger partial charge in [-0.3, -0.25) is 4.79 Å². The molecule has 0 aliphatic carbocycles. The standard InChI is InChI=1S/C16H15F2N5O2/c1-8(6-24)23-13-11(10-4-20-7-21-5-10)2-9(15(19)25)3-12(13)22-16(23)14(17)18/h2-5,7-8,14,24H,6H2,1H3,(H2,19,25). The van der Waals surface area contributed by atoms with Gasteiger partial charge in [0.1, 0.15) is 6.33 Å². The van der Waals surface area contributed by atoms with Crippen molar-refractivity contribution < 1.29 is 18.7 Å². The predicted molar refractivity (Wildman–Crippen MR) is 86.0 cm³/mol. The van der Waals surface area contributed by atoms with Crippen molar-refractivity contribution in [2.45, 2.75) is 19.4 Å². The Bertz CT molecular complexity index is 927. The highest BCUT2D eigenvalue weighted by Gasteiger charge is 2.25. The normalized spacial score (nSPS) is 12.7. The number of hydrogen-bond acceptors (Lipinski definition) is 5. The molecule has 130 valence electrons. The molecule has 2 heterocycles. The van der Waals surface area contributed by atoms with Crippen molar-refractivity contribution in [2.24, 2.45) is 5.73 Å². The highest BCUT2D eigenvalue weighted by Crippen LogP contribution is 2.35. The van der Waals surface area contributed by atoms with Crippen LogP contribution in [0, 0.1) is 0 Å². The van der Waals surface area contributed by atoms with Crippen LogP contribution in [0.1, 0.15) is 35.6 Å². The van der Waals surface area contributed by atoms with Gasteiger partial charge >= 0.3 is 0 Å². The lowest BCUT2D eigenvalue weighted by atomic mass is 10.0. The van der Waals surface area contributed by atoms with Crippen molar-refractivity contribution in [3.05, 3.63) is 42.2 Å². The van der Waals surface area contributed by atoms with Crippen LogP contribution in [0.15, 0.2) is 30.9 Å². The van der Waals surface area contributed by atoms with E-state index < -0.39 is 24.2 Å². The molecule has 3 aromatic rings. The molecule has 1 unspecified atom stereocenters. The summed E-state index contributed by atoms with van der Waals surface area (Å²) in [6.07, 6.45) is 1.47. The van der Waals surface area contributed by atoms with E-state index >= 15 is 0 Å². The monoisotopic (exact) mass is 347 g/mol. The van der Waals surface area contributed by atoms with E-state index in [0.29, 0.717) is 16.6 Å². The van der Waals surface area contributed by atoms with Crippen molar-refractivity contribution in [1.29, 1.82) is 0 Å². The Hall–Kier alpha value is -2.94. The third-order valence-corrected chi connectivity index (χ3v) is 3.87. The fourth-order valence-corrected chi connectivity index (χ4v) is 2.73. The predicted octanol–water partition coefficient (Wildman–Crippen LogP) is 2.08. The fourth-order valence-electron chi connectivity index (χ4n) is 2.73. The number of halogens is 2. The third-order valence-electron chi connectivity index (χ3n) is 3.87. The molecular weight excluding hydrogens is 332 g/mol. The molecule has 1 aromatic carbocycles. The fraction of sp³-hybridized carbons (Fsp3) is 0.250. The molecule has 7 nitrogen and oxygen atoms in total. The number of aliphatic hydroxyl groups is 1. The topological polar surface area (TPSA) is 107 Å². The Kier molecular flexibility index (Phi) is 4.41. The lowest BCUT2D eigenvalue weighted by Gasteiger charge is -2.17. The summed E-state index contributed by atoms with van der Waals surface area (Å²) in [5.74, 6) is -1.19. The van der Waals surface area contributed by atoms with Gasteiger partial charge in [0.05, 0.1) is 23.7 Å². The lowest BCUT2D eigenvalue weighted by Crippen LogP contribution is -2.14. The van der Waals surface area contributed by atoms with E-state index in [4.69, 9.17) is 5.73 Å². The summed E-state index contributed by atoms with van der Waals surface area (Å²) in [6.45, 7) is 1.24. The number of carbonyl (C=O) groups is 1. The maximum atomic E-state index is 13.5. The molecule has 0 aliphatic rings. The Morgan fingerprint density at radius 1 is 1.32 bits per heavy atom. The number of nitrogens with zero attached hydrogens (tertiary/aromatic N) is 4. The highest BCUT2D eigenvalue weighted by atomic mass is 19.3. The van der Waals surface area contributed by atoms with Gasteiger partial charge in [0.25, 0.3) is 6.43 Å². The first-order valence-electron chi connectivity index (χ1n) is 7.44. The second-order valence-corrected chi connectivity index (χ2v) is 5.56. The minimum atomic E-state index is -2.85. The van der Waals surface area contributed by atoms with Crippen LogP contribution in [0.4, 0.5) is 8.78 Å². The van der Waals surface area contributed by atoms with Crippen LogP contribution in [0.25, 0.3) is 22.2 Å². The van der Waals surface area contributed by atoms with Gasteiger partial charge in [-0.15, -0.1) is 0 Å². The Balaban J connectivity index is 2.44. The van der Waals surface area contributed by atoms with Crippen molar-refractivity contribution in [3.8, 4) is 11.1 Å². The molecule has 25 heavy (non-hydrogen) atoms. The maximum Gasteiger partial charge on any atom is 0.295 e. The number of aromatic nitrogens is 4. The van der Waals surface area contributed by atoms with Crippen molar-refractivity contribution >= 4 is 16.9 Å². The van der Waals surface area contributed by atoms with Gasteiger partial charge in [0.2, 0.25) is 5.91 Å². The molecule has 0 radical (unpaired) electrons. The summed E-state index contributed by atoms with van der Waals surface area (Å²) in [5.41, 5.74) is 6.98. The molecule has 1 amide bonds. The van der Waals surface area contributed by atoms with Gasteiger partial charge < -0.3 is 15.4 Å². The Morgan fingerprint density at radius 3 is 2.56 bits per heavy atom. The van der Waals surface area contributed by atoms with Crippen LogP contribution in [0.3, 0.4) is 0 Å². The quantitative estimate of drug-likeness (QED) is 0.735. The molecule has 0 fully saturated rings. The van der Waals surface area contributed by atoms with E-state index in [1.807, 2.05) is 0 Å². The number of nitrogens with two attached hydrogens (primary N) is 1. The zero-order valence-electron chi connectivity index (χ0n) is 13.2. The first-order chi connectivity index (χ1) is 11.9. The van der Waals surface area contributed by atoms with E-state index in [1.54, 1.807) is 6.92 Å². The third kappa shape index (κ3) is 2.93. The zero-order chi connectivity index (χ0) is 18.1. The lowest BCUT2D eigenvalue weighted by molar-refractivity contribution is 0.100. The second kappa shape index (κ2) is 6.52. The number of hydrogen-bond donors (Lipinski definition) is 2. The molecule has 0 saturated heterocycles. The first-order valence-corrected chi connectivity index (χ1v) is 7.44. The summed E-state index contributed by atoms with van der Waals surface area (Å²) in [4.78, 5) is 23.4. The molecule has 0 bridgehead atoms. The van der Waals surface area contributed by atoms with Crippen LogP contribution >= 0.6 is 0 Å². The molecule has 0 spiro atoms. The van der Waals surface area contributed by atoms with Crippen molar-refractivity contribution in [1.82, 2.24) is 19.5 Å². The smallest absolute Gasteiger partial charge is 0.295 e. The number of primary amides is 1. The number of aliphatic hydroxyl groups excluding tert-OH is 1. The minimum Gasteiger partial charge on any atom is -0.394 e. The summed E-state index contributed by atoms with van der Waals surface area (Å²) in [7, 11) is 0. The summed E-state index contributed by atoms with van der Waals surface area (Å²) < 4.78 is 28.2. The van der Waals surface area contributed by atoms with Gasteiger partial charge in [0, 0.05) is 29.1 Å². The number of fused-ring (bicyclic) bond motifs is 1. The second-order valence-electron chi connectivity index (χ2n) is 5.56. The molecule has 3 N–H and O–H groups in total. The van der Waals surface area contributed by atoms with Crippen LogP contribution in [0.5, 0.6) is 0 Å². The molecule has 3 rings (SSSR count). The van der Waals surface area contributed by atoms with Gasteiger partial charge in [-0.25, -0.2) is 23.7 Å². The number of rotatable bonds is 5. The average Bonchev–Trinajstić information content (AvgIpc) is 3.00. The van der Waals surface area contributed by atoms with Crippen LogP contribution in [0.2, 0.25) is 0 Å². The number of amides is 1. The summed E-state index contributed by atoms with van der Waals surface area (Å²) >= 11 is 0. The molecule has 2 aromatic heterocycles. The minimum absolute atomic E-state index is 0.133. The average molecular weight is 347 g/mol. The number of carbonyl (C=O) groups excluding carboxylic acids is 1. The summed E-state index contributed by atoms with van der Waals surface area (Å²) in [6, 6.07) is 2.20. The number of benzene rings is 1. The Labute approximate surface area is 141 Å². The molecule has 9 heteroatoms. The van der Waals surface area contributed by atoms with Gasteiger partial charge in [0.15, 0.2) is 5.82 Å². The SMILES string of the molecule is CC(CO)n1c(C(F)F)nc2cc(C(N)=O)cc(-c3cncnc3)c21. The van der Waals surface area contributed by atoms with E-state index in [1.165, 1.54) is 35.4 Å². The zero-order valence-corrected chi connectivity index (χ0v) is 13.2. The molecular formula is C16H15F2N5O2. The van der Waals surface area contributed by atoms with Crippen molar-refractivity contribution in [2.75, 3.05) is 6.61 Å². The maximum absolute atomic E-state index is 13.5. The number of alkyl halides is 2. The molecule has 0 saturated carbocycles. The number of imidazole rings is 1. The molecule has 0 aliphatic heterocycles. The largest absolute Gasteiger partial charge is 0.394 e. The Morgan fingerprint density at radius 2 is 2.00 bits per heavy atom. The first kappa shape index (κ1) is 16.9. The van der Waals surface area contributed by atoms with Crippen molar-refractivity contribution in [3.63, 3.8) is 0 Å². The van der Waals surface area contributed by atoms with Crippen LogP contribution in [-0.4, -0.2) is 37.1 Å². The molecule has 1 atom stereocenters. The van der Waals surface area contributed by atoms with Crippen LogP contribution < -0.4 is 5.73 Å². The van der Waals surface area contributed by atoms with Crippen LogP contribution in [-0.2, 0) is 0 Å². The van der Waals surface area contributed by atoms with E-state index in [-0.39, 0.29) is 17.7 Å².